The molecule has 3 aromatic heterocycles. The standard InChI is InChI=1S/C20H19FN4S2/c1-11-13(3-2-6-22-11)18-8-14-19(15(21)9-23-20(14)27-18)25-12-4-5-17-16(7-12)24-10-26-17/h4-5,7-11,13,22H,2-3,6H2,1H3,(H,23,25). The summed E-state index contributed by atoms with van der Waals surface area (Å²) < 4.78 is 15.8. The van der Waals surface area contributed by atoms with Gasteiger partial charge in [-0.1, -0.05) is 0 Å². The van der Waals surface area contributed by atoms with Crippen LogP contribution >= 0.6 is 22.7 Å². The highest BCUT2D eigenvalue weighted by Crippen LogP contribution is 2.39. The molecule has 4 aromatic rings. The van der Waals surface area contributed by atoms with Crippen LogP contribution in [0.5, 0.6) is 0 Å². The Morgan fingerprint density at radius 1 is 1.26 bits per heavy atom. The lowest BCUT2D eigenvalue weighted by Gasteiger charge is -2.29. The van der Waals surface area contributed by atoms with Crippen LogP contribution < -0.4 is 10.6 Å². The minimum absolute atomic E-state index is 0.333. The number of hydrogen-bond donors (Lipinski definition) is 2. The second-order valence-corrected chi connectivity index (χ2v) is 8.95. The molecule has 1 fully saturated rings. The van der Waals surface area contributed by atoms with E-state index in [0.29, 0.717) is 17.6 Å². The van der Waals surface area contributed by atoms with E-state index in [-0.39, 0.29) is 5.82 Å². The number of nitrogens with one attached hydrogen (secondary N) is 2. The molecule has 0 radical (unpaired) electrons. The Bertz CT molecular complexity index is 1120. The fraction of sp³-hybridized carbons (Fsp3) is 0.300. The van der Waals surface area contributed by atoms with Crippen molar-refractivity contribution in [3.8, 4) is 0 Å². The Morgan fingerprint density at radius 2 is 2.19 bits per heavy atom. The van der Waals surface area contributed by atoms with Crippen LogP contribution in [0.25, 0.3) is 20.4 Å². The van der Waals surface area contributed by atoms with Crippen molar-refractivity contribution in [3.63, 3.8) is 0 Å². The molecule has 0 amide bonds. The molecule has 2 atom stereocenters. The number of fused-ring (bicyclic) bond motifs is 2. The van der Waals surface area contributed by atoms with Crippen molar-refractivity contribution in [2.75, 3.05) is 11.9 Å². The lowest BCUT2D eigenvalue weighted by molar-refractivity contribution is 0.375. The minimum Gasteiger partial charge on any atom is -0.352 e. The van der Waals surface area contributed by atoms with E-state index >= 15 is 0 Å². The molecule has 27 heavy (non-hydrogen) atoms. The molecule has 1 saturated heterocycles. The third-order valence-electron chi connectivity index (χ3n) is 5.26. The van der Waals surface area contributed by atoms with Gasteiger partial charge < -0.3 is 10.6 Å². The molecule has 1 aliphatic rings. The number of halogens is 1. The minimum atomic E-state index is -0.333. The Labute approximate surface area is 164 Å². The van der Waals surface area contributed by atoms with Gasteiger partial charge in [0.2, 0.25) is 0 Å². The molecule has 5 rings (SSSR count). The zero-order valence-electron chi connectivity index (χ0n) is 14.8. The number of rotatable bonds is 3. The van der Waals surface area contributed by atoms with Gasteiger partial charge in [-0.25, -0.2) is 14.4 Å². The number of pyridine rings is 1. The molecule has 4 nitrogen and oxygen atoms in total. The molecule has 1 aromatic carbocycles. The Morgan fingerprint density at radius 3 is 3.07 bits per heavy atom. The van der Waals surface area contributed by atoms with E-state index in [1.54, 1.807) is 22.7 Å². The first-order valence-corrected chi connectivity index (χ1v) is 10.8. The molecule has 0 spiro atoms. The van der Waals surface area contributed by atoms with E-state index in [0.717, 1.165) is 39.1 Å². The van der Waals surface area contributed by atoms with Gasteiger partial charge in [-0.2, -0.15) is 0 Å². The maximum absolute atomic E-state index is 14.6. The molecular weight excluding hydrogens is 379 g/mol. The van der Waals surface area contributed by atoms with Gasteiger partial charge in [-0.05, 0) is 50.6 Å². The fourth-order valence-corrected chi connectivity index (χ4v) is 5.71. The molecule has 1 aliphatic heterocycles. The van der Waals surface area contributed by atoms with Crippen LogP contribution in [-0.4, -0.2) is 22.6 Å². The third kappa shape index (κ3) is 3.09. The monoisotopic (exact) mass is 398 g/mol. The summed E-state index contributed by atoms with van der Waals surface area (Å²) in [7, 11) is 0. The van der Waals surface area contributed by atoms with Gasteiger partial charge >= 0.3 is 0 Å². The van der Waals surface area contributed by atoms with Gasteiger partial charge in [0.25, 0.3) is 0 Å². The average molecular weight is 399 g/mol. The zero-order valence-corrected chi connectivity index (χ0v) is 16.5. The van der Waals surface area contributed by atoms with Crippen LogP contribution in [0.4, 0.5) is 15.8 Å². The molecule has 2 N–H and O–H groups in total. The summed E-state index contributed by atoms with van der Waals surface area (Å²) >= 11 is 3.28. The molecule has 4 heterocycles. The van der Waals surface area contributed by atoms with Crippen molar-refractivity contribution in [2.24, 2.45) is 0 Å². The first-order chi connectivity index (χ1) is 13.2. The highest BCUT2D eigenvalue weighted by molar-refractivity contribution is 7.18. The number of nitrogens with zero attached hydrogens (tertiary/aromatic N) is 2. The van der Waals surface area contributed by atoms with Crippen LogP contribution in [0.2, 0.25) is 0 Å². The summed E-state index contributed by atoms with van der Waals surface area (Å²) in [4.78, 5) is 10.8. The first-order valence-electron chi connectivity index (χ1n) is 9.10. The summed E-state index contributed by atoms with van der Waals surface area (Å²) in [6, 6.07) is 8.48. The number of anilines is 2. The van der Waals surface area contributed by atoms with Gasteiger partial charge in [0, 0.05) is 27.9 Å². The Kier molecular flexibility index (Phi) is 4.30. The molecule has 138 valence electrons. The Balaban J connectivity index is 1.55. The second kappa shape index (κ2) is 6.82. The molecular formula is C20H19FN4S2. The van der Waals surface area contributed by atoms with Crippen LogP contribution in [-0.2, 0) is 0 Å². The fourth-order valence-electron chi connectivity index (χ4n) is 3.81. The van der Waals surface area contributed by atoms with Crippen LogP contribution in [0, 0.1) is 5.82 Å². The maximum atomic E-state index is 14.6. The number of aromatic nitrogens is 2. The van der Waals surface area contributed by atoms with Crippen LogP contribution in [0.1, 0.15) is 30.6 Å². The van der Waals surface area contributed by atoms with Gasteiger partial charge in [0.05, 0.1) is 27.6 Å². The summed E-state index contributed by atoms with van der Waals surface area (Å²) in [5, 5.41) is 7.66. The number of thiophene rings is 1. The van der Waals surface area contributed by atoms with E-state index in [2.05, 4.69) is 33.6 Å². The molecule has 0 bridgehead atoms. The van der Waals surface area contributed by atoms with Gasteiger partial charge in [-0.15, -0.1) is 22.7 Å². The maximum Gasteiger partial charge on any atom is 0.165 e. The predicted molar refractivity (Wildman–Crippen MR) is 112 cm³/mol. The van der Waals surface area contributed by atoms with Crippen LogP contribution in [0.3, 0.4) is 0 Å². The SMILES string of the molecule is CC1NCCCC1c1cc2c(Nc3ccc4scnc4c3)c(F)cnc2s1. The zero-order chi connectivity index (χ0) is 18.4. The summed E-state index contributed by atoms with van der Waals surface area (Å²) in [5.74, 6) is 0.125. The summed E-state index contributed by atoms with van der Waals surface area (Å²) in [5.41, 5.74) is 4.07. The molecule has 2 unspecified atom stereocenters. The van der Waals surface area contributed by atoms with E-state index in [1.807, 2.05) is 23.7 Å². The van der Waals surface area contributed by atoms with E-state index in [9.17, 15) is 4.39 Å². The second-order valence-electron chi connectivity index (χ2n) is 7.00. The van der Waals surface area contributed by atoms with Crippen molar-refractivity contribution in [1.29, 1.82) is 0 Å². The lowest BCUT2D eigenvalue weighted by Crippen LogP contribution is -2.37. The summed E-state index contributed by atoms with van der Waals surface area (Å²) in [6.07, 6.45) is 3.64. The average Bonchev–Trinajstić information content (AvgIpc) is 3.31. The highest BCUT2D eigenvalue weighted by atomic mass is 32.1. The predicted octanol–water partition coefficient (Wildman–Crippen LogP) is 5.64. The van der Waals surface area contributed by atoms with Crippen molar-refractivity contribution in [2.45, 2.75) is 31.7 Å². The van der Waals surface area contributed by atoms with Crippen molar-refractivity contribution < 1.29 is 4.39 Å². The number of thiazole rings is 1. The molecule has 0 aliphatic carbocycles. The normalized spacial score (nSPS) is 20.4. The van der Waals surface area contributed by atoms with Crippen LogP contribution in [0.15, 0.2) is 36.0 Å². The quantitative estimate of drug-likeness (QED) is 0.469. The van der Waals surface area contributed by atoms with E-state index < -0.39 is 0 Å². The Hall–Kier alpha value is -2.09. The van der Waals surface area contributed by atoms with Crippen molar-refractivity contribution in [3.05, 3.63) is 46.7 Å². The van der Waals surface area contributed by atoms with Gasteiger partial charge in [-0.3, -0.25) is 0 Å². The highest BCUT2D eigenvalue weighted by Gasteiger charge is 2.25. The summed E-state index contributed by atoms with van der Waals surface area (Å²) in [6.45, 7) is 3.30. The van der Waals surface area contributed by atoms with E-state index in [1.165, 1.54) is 17.5 Å². The van der Waals surface area contributed by atoms with Gasteiger partial charge in [0.1, 0.15) is 4.83 Å². The lowest BCUT2D eigenvalue weighted by atomic mass is 9.90. The number of piperidine rings is 1. The topological polar surface area (TPSA) is 49.8 Å². The largest absolute Gasteiger partial charge is 0.352 e. The molecule has 7 heteroatoms. The van der Waals surface area contributed by atoms with Crippen molar-refractivity contribution in [1.82, 2.24) is 15.3 Å². The third-order valence-corrected chi connectivity index (χ3v) is 7.25. The number of hydrogen-bond acceptors (Lipinski definition) is 6. The van der Waals surface area contributed by atoms with Gasteiger partial charge in [0.15, 0.2) is 5.82 Å². The smallest absolute Gasteiger partial charge is 0.165 e. The molecule has 0 saturated carbocycles. The number of benzene rings is 1. The van der Waals surface area contributed by atoms with Crippen molar-refractivity contribution >= 4 is 54.5 Å². The first kappa shape index (κ1) is 17.0. The van der Waals surface area contributed by atoms with E-state index in [4.69, 9.17) is 0 Å².